The molecule has 1 aromatic heterocycles. The highest BCUT2D eigenvalue weighted by atomic mass is 35.5. The largest absolute Gasteiger partial charge is 0.268 e. The summed E-state index contributed by atoms with van der Waals surface area (Å²) in [5, 5.41) is 1.47. The maximum Gasteiger partial charge on any atom is 0.268 e. The van der Waals surface area contributed by atoms with E-state index in [0.29, 0.717) is 10.5 Å². The van der Waals surface area contributed by atoms with Crippen LogP contribution in [0, 0.1) is 0 Å². The predicted octanol–water partition coefficient (Wildman–Crippen LogP) is 4.83. The third-order valence-electron chi connectivity index (χ3n) is 3.91. The molecule has 126 valence electrons. The number of thioether (sulfide) groups is 1. The smallest absolute Gasteiger partial charge is 0.241 e. The van der Waals surface area contributed by atoms with Crippen LogP contribution in [0.15, 0.2) is 59.6 Å². The van der Waals surface area contributed by atoms with Crippen LogP contribution >= 0.6 is 23.4 Å². The zero-order valence-electron chi connectivity index (χ0n) is 13.3. The van der Waals surface area contributed by atoms with Crippen molar-refractivity contribution in [2.45, 2.75) is 17.7 Å². The van der Waals surface area contributed by atoms with Crippen molar-refractivity contribution in [2.24, 2.45) is 0 Å². The second kappa shape index (κ2) is 7.21. The van der Waals surface area contributed by atoms with Gasteiger partial charge in [-0.2, -0.15) is 11.8 Å². The van der Waals surface area contributed by atoms with Gasteiger partial charge in [-0.1, -0.05) is 35.9 Å². The molecule has 0 saturated heterocycles. The van der Waals surface area contributed by atoms with E-state index >= 15 is 0 Å². The molecule has 3 rings (SSSR count). The summed E-state index contributed by atoms with van der Waals surface area (Å²) in [4.78, 5) is 0.275. The van der Waals surface area contributed by atoms with Crippen LogP contribution in [0.1, 0.15) is 12.0 Å². The summed E-state index contributed by atoms with van der Waals surface area (Å²) in [5.74, 6) is 1.05. The molecule has 0 spiro atoms. The third-order valence-corrected chi connectivity index (χ3v) is 6.53. The van der Waals surface area contributed by atoms with Crippen LogP contribution in [-0.2, 0) is 16.4 Å². The molecule has 2 aromatic carbocycles. The van der Waals surface area contributed by atoms with E-state index in [1.807, 2.05) is 6.07 Å². The SMILES string of the molecule is CSCCCc1cn(S(=O)(=O)c2ccccc2)c2cc(Cl)ccc12. The first-order valence-corrected chi connectivity index (χ1v) is 10.8. The summed E-state index contributed by atoms with van der Waals surface area (Å²) in [6, 6.07) is 13.9. The summed E-state index contributed by atoms with van der Waals surface area (Å²) >= 11 is 7.90. The normalized spacial score (nSPS) is 11.9. The lowest BCUT2D eigenvalue weighted by atomic mass is 10.1. The average Bonchev–Trinajstić information content (AvgIpc) is 2.94. The second-order valence-electron chi connectivity index (χ2n) is 5.53. The van der Waals surface area contributed by atoms with Crippen LogP contribution in [0.4, 0.5) is 0 Å². The second-order valence-corrected chi connectivity index (χ2v) is 8.76. The first-order valence-electron chi connectivity index (χ1n) is 7.63. The number of fused-ring (bicyclic) bond motifs is 1. The zero-order valence-corrected chi connectivity index (χ0v) is 15.7. The average molecular weight is 380 g/mol. The maximum absolute atomic E-state index is 13.0. The van der Waals surface area contributed by atoms with Crippen molar-refractivity contribution in [2.75, 3.05) is 12.0 Å². The molecule has 0 aliphatic heterocycles. The number of aryl methyl sites for hydroxylation is 1. The van der Waals surface area contributed by atoms with Crippen molar-refractivity contribution in [3.05, 3.63) is 65.3 Å². The van der Waals surface area contributed by atoms with Crippen molar-refractivity contribution in [1.82, 2.24) is 3.97 Å². The van der Waals surface area contributed by atoms with Crippen LogP contribution < -0.4 is 0 Å². The molecule has 0 aliphatic carbocycles. The van der Waals surface area contributed by atoms with Crippen molar-refractivity contribution in [3.63, 3.8) is 0 Å². The number of halogens is 1. The van der Waals surface area contributed by atoms with Crippen molar-refractivity contribution in [3.8, 4) is 0 Å². The lowest BCUT2D eigenvalue weighted by molar-refractivity contribution is 0.589. The first kappa shape index (κ1) is 17.4. The monoisotopic (exact) mass is 379 g/mol. The van der Waals surface area contributed by atoms with Gasteiger partial charge in [-0.25, -0.2) is 12.4 Å². The summed E-state index contributed by atoms with van der Waals surface area (Å²) in [6.07, 6.45) is 5.66. The van der Waals surface area contributed by atoms with Gasteiger partial charge in [0.25, 0.3) is 10.0 Å². The van der Waals surface area contributed by atoms with Crippen molar-refractivity contribution < 1.29 is 8.42 Å². The Kier molecular flexibility index (Phi) is 5.23. The molecule has 24 heavy (non-hydrogen) atoms. The van der Waals surface area contributed by atoms with Gasteiger partial charge >= 0.3 is 0 Å². The van der Waals surface area contributed by atoms with E-state index in [4.69, 9.17) is 11.6 Å². The van der Waals surface area contributed by atoms with E-state index in [-0.39, 0.29) is 4.90 Å². The molecule has 0 bridgehead atoms. The highest BCUT2D eigenvalue weighted by molar-refractivity contribution is 7.98. The third kappa shape index (κ3) is 3.34. The van der Waals surface area contributed by atoms with Gasteiger partial charge < -0.3 is 0 Å². The van der Waals surface area contributed by atoms with Crippen LogP contribution in [0.25, 0.3) is 10.9 Å². The summed E-state index contributed by atoms with van der Waals surface area (Å²) in [7, 11) is -3.64. The lowest BCUT2D eigenvalue weighted by Gasteiger charge is -2.07. The Morgan fingerprint density at radius 1 is 1.12 bits per heavy atom. The van der Waals surface area contributed by atoms with Crippen molar-refractivity contribution >= 4 is 44.3 Å². The van der Waals surface area contributed by atoms with Crippen molar-refractivity contribution in [1.29, 1.82) is 0 Å². The van der Waals surface area contributed by atoms with Gasteiger partial charge in [0.1, 0.15) is 0 Å². The summed E-state index contributed by atoms with van der Waals surface area (Å²) in [6.45, 7) is 0. The van der Waals surface area contributed by atoms with Gasteiger partial charge in [-0.3, -0.25) is 0 Å². The molecule has 0 radical (unpaired) electrons. The fraction of sp³-hybridized carbons (Fsp3) is 0.222. The van der Waals surface area contributed by atoms with Crippen LogP contribution in [0.3, 0.4) is 0 Å². The van der Waals surface area contributed by atoms with E-state index in [0.717, 1.165) is 29.5 Å². The van der Waals surface area contributed by atoms with E-state index < -0.39 is 10.0 Å². The van der Waals surface area contributed by atoms with Gasteiger partial charge in [0.2, 0.25) is 0 Å². The number of benzene rings is 2. The first-order chi connectivity index (χ1) is 11.5. The Hall–Kier alpha value is -1.43. The molecule has 3 aromatic rings. The topological polar surface area (TPSA) is 39.1 Å². The highest BCUT2D eigenvalue weighted by Gasteiger charge is 2.21. The molecule has 0 unspecified atom stereocenters. The van der Waals surface area contributed by atoms with E-state index in [9.17, 15) is 8.42 Å². The van der Waals surface area contributed by atoms with E-state index in [1.165, 1.54) is 3.97 Å². The molecular formula is C18H18ClNO2S2. The molecule has 1 heterocycles. The summed E-state index contributed by atoms with van der Waals surface area (Å²) < 4.78 is 27.4. The van der Waals surface area contributed by atoms with E-state index in [2.05, 4.69) is 6.26 Å². The number of hydrogen-bond donors (Lipinski definition) is 0. The molecule has 6 heteroatoms. The van der Waals surface area contributed by atoms with Crippen LogP contribution in [0.5, 0.6) is 0 Å². The number of rotatable bonds is 6. The quantitative estimate of drug-likeness (QED) is 0.576. The van der Waals surface area contributed by atoms with Crippen LogP contribution in [-0.4, -0.2) is 24.4 Å². The van der Waals surface area contributed by atoms with Gasteiger partial charge in [-0.15, -0.1) is 0 Å². The summed E-state index contributed by atoms with van der Waals surface area (Å²) in [5.41, 5.74) is 1.67. The van der Waals surface area contributed by atoms with Gasteiger partial charge in [0, 0.05) is 16.6 Å². The Balaban J connectivity index is 2.15. The lowest BCUT2D eigenvalue weighted by Crippen LogP contribution is -2.11. The van der Waals surface area contributed by atoms with E-state index in [1.54, 1.807) is 60.4 Å². The van der Waals surface area contributed by atoms with Gasteiger partial charge in [0.05, 0.1) is 10.4 Å². The number of hydrogen-bond acceptors (Lipinski definition) is 3. The molecular weight excluding hydrogens is 362 g/mol. The molecule has 0 atom stereocenters. The van der Waals surface area contributed by atoms with Crippen LogP contribution in [0.2, 0.25) is 5.02 Å². The Labute approximate surface area is 151 Å². The Bertz CT molecular complexity index is 950. The Morgan fingerprint density at radius 3 is 2.58 bits per heavy atom. The zero-order chi connectivity index (χ0) is 17.2. The number of aromatic nitrogens is 1. The molecule has 3 nitrogen and oxygen atoms in total. The Morgan fingerprint density at radius 2 is 1.88 bits per heavy atom. The van der Waals surface area contributed by atoms with Gasteiger partial charge in [0.15, 0.2) is 0 Å². The number of nitrogens with zero attached hydrogens (tertiary/aromatic N) is 1. The standard InChI is InChI=1S/C18H18ClNO2S2/c1-23-11-5-6-14-13-20(18-12-15(19)9-10-17(14)18)24(21,22)16-7-3-2-4-8-16/h2-4,7-10,12-13H,5-6,11H2,1H3. The molecule has 0 aliphatic rings. The maximum atomic E-state index is 13.0. The minimum absolute atomic E-state index is 0.275. The molecule has 0 N–H and O–H groups in total. The molecule has 0 fully saturated rings. The molecule has 0 amide bonds. The fourth-order valence-electron chi connectivity index (χ4n) is 2.75. The minimum atomic E-state index is -3.64. The predicted molar refractivity (Wildman–Crippen MR) is 103 cm³/mol. The highest BCUT2D eigenvalue weighted by Crippen LogP contribution is 2.29. The van der Waals surface area contributed by atoms with Gasteiger partial charge in [-0.05, 0) is 54.7 Å². The molecule has 0 saturated carbocycles. The fourth-order valence-corrected chi connectivity index (χ4v) is 4.75. The minimum Gasteiger partial charge on any atom is -0.241 e.